The Morgan fingerprint density at radius 1 is 0.794 bits per heavy atom. The van der Waals surface area contributed by atoms with Gasteiger partial charge in [-0.2, -0.15) is 0 Å². The number of aryl methyl sites for hydroxylation is 3. The minimum Gasteiger partial charge on any atom is -0.368 e. The molecule has 1 aliphatic rings. The van der Waals surface area contributed by atoms with Crippen LogP contribution in [-0.2, 0) is 14.1 Å². The Balaban J connectivity index is 1.49. The Morgan fingerprint density at radius 2 is 1.38 bits per heavy atom. The average molecular weight is 456 g/mol. The number of nitrogens with zero attached hydrogens (tertiary/aromatic N) is 4. The maximum absolute atomic E-state index is 13.1. The lowest BCUT2D eigenvalue weighted by Gasteiger charge is -2.38. The van der Waals surface area contributed by atoms with Gasteiger partial charge >= 0.3 is 5.69 Å². The number of piperazine rings is 1. The number of amides is 1. The van der Waals surface area contributed by atoms with Crippen LogP contribution in [0.25, 0.3) is 11.0 Å². The Kier molecular flexibility index (Phi) is 5.61. The lowest BCUT2D eigenvalue weighted by atomic mass is 10.1. The monoisotopic (exact) mass is 455 g/mol. The molecule has 0 atom stereocenters. The SMILES string of the molecule is Cc1ccc(C(=O)Nc2cc3c(cc2N2CCN(c4ccccc4)CC2)n(C)c(=O)n3C)cc1. The normalized spacial score (nSPS) is 14.0. The molecule has 0 radical (unpaired) electrons. The molecule has 4 aromatic rings. The van der Waals surface area contributed by atoms with Crippen LogP contribution in [0, 0.1) is 6.92 Å². The second-order valence-corrected chi connectivity index (χ2v) is 8.89. The van der Waals surface area contributed by atoms with E-state index in [1.165, 1.54) is 5.69 Å². The Bertz CT molecular complexity index is 1400. The molecule has 1 fully saturated rings. The highest BCUT2D eigenvalue weighted by Gasteiger charge is 2.23. The van der Waals surface area contributed by atoms with E-state index in [0.29, 0.717) is 11.3 Å². The molecule has 174 valence electrons. The Labute approximate surface area is 198 Å². The van der Waals surface area contributed by atoms with E-state index in [-0.39, 0.29) is 11.6 Å². The summed E-state index contributed by atoms with van der Waals surface area (Å²) in [5, 5.41) is 3.12. The van der Waals surface area contributed by atoms with Gasteiger partial charge in [0.25, 0.3) is 5.91 Å². The minimum absolute atomic E-state index is 0.0862. The summed E-state index contributed by atoms with van der Waals surface area (Å²) < 4.78 is 3.28. The summed E-state index contributed by atoms with van der Waals surface area (Å²) in [6.07, 6.45) is 0. The molecule has 7 heteroatoms. The van der Waals surface area contributed by atoms with Crippen molar-refractivity contribution in [3.8, 4) is 0 Å². The van der Waals surface area contributed by atoms with Crippen molar-refractivity contribution in [1.29, 1.82) is 0 Å². The Hall–Kier alpha value is -4.00. The number of hydrogen-bond acceptors (Lipinski definition) is 4. The summed E-state index contributed by atoms with van der Waals surface area (Å²) in [6.45, 7) is 5.38. The highest BCUT2D eigenvalue weighted by molar-refractivity contribution is 6.07. The summed E-state index contributed by atoms with van der Waals surface area (Å²) in [4.78, 5) is 30.3. The minimum atomic E-state index is -0.163. The molecule has 7 nitrogen and oxygen atoms in total. The fraction of sp³-hybridized carbons (Fsp3) is 0.259. The number of carbonyl (C=O) groups excluding carboxylic acids is 1. The molecule has 0 spiro atoms. The molecule has 1 aromatic heterocycles. The Morgan fingerprint density at radius 3 is 2.03 bits per heavy atom. The van der Waals surface area contributed by atoms with Gasteiger partial charge in [-0.1, -0.05) is 35.9 Å². The molecule has 2 heterocycles. The summed E-state index contributed by atoms with van der Waals surface area (Å²) in [5.74, 6) is -0.163. The fourth-order valence-electron chi connectivity index (χ4n) is 4.64. The quantitative estimate of drug-likeness (QED) is 0.509. The van der Waals surface area contributed by atoms with E-state index in [0.717, 1.165) is 48.5 Å². The van der Waals surface area contributed by atoms with E-state index < -0.39 is 0 Å². The zero-order valence-electron chi connectivity index (χ0n) is 19.8. The first kappa shape index (κ1) is 21.8. The van der Waals surface area contributed by atoms with Crippen molar-refractivity contribution in [2.24, 2.45) is 14.1 Å². The van der Waals surface area contributed by atoms with E-state index in [1.54, 1.807) is 23.2 Å². The highest BCUT2D eigenvalue weighted by Crippen LogP contribution is 2.32. The molecular formula is C27H29N5O2. The van der Waals surface area contributed by atoms with Crippen molar-refractivity contribution in [2.45, 2.75) is 6.92 Å². The van der Waals surface area contributed by atoms with Crippen molar-refractivity contribution in [3.63, 3.8) is 0 Å². The van der Waals surface area contributed by atoms with Gasteiger partial charge in [-0.15, -0.1) is 0 Å². The predicted molar refractivity (Wildman–Crippen MR) is 138 cm³/mol. The standard InChI is InChI=1S/C27H29N5O2/c1-19-9-11-20(12-10-19)26(33)28-22-17-24-25(30(3)27(34)29(24)2)18-23(22)32-15-13-31(14-16-32)21-7-5-4-6-8-21/h4-12,17-18H,13-16H2,1-3H3,(H,28,33). The summed E-state index contributed by atoms with van der Waals surface area (Å²) in [5.41, 5.74) is 6.13. The summed E-state index contributed by atoms with van der Waals surface area (Å²) >= 11 is 0. The van der Waals surface area contributed by atoms with Gasteiger partial charge in [-0.3, -0.25) is 13.9 Å². The molecule has 0 saturated carbocycles. The van der Waals surface area contributed by atoms with Crippen LogP contribution in [0.1, 0.15) is 15.9 Å². The molecular weight excluding hydrogens is 426 g/mol. The van der Waals surface area contributed by atoms with Crippen molar-refractivity contribution in [3.05, 3.63) is 88.3 Å². The van der Waals surface area contributed by atoms with Crippen LogP contribution in [0.3, 0.4) is 0 Å². The second-order valence-electron chi connectivity index (χ2n) is 8.89. The summed E-state index contributed by atoms with van der Waals surface area (Å²) in [7, 11) is 3.54. The van der Waals surface area contributed by atoms with Gasteiger partial charge in [0, 0.05) is 51.5 Å². The first-order chi connectivity index (χ1) is 16.4. The first-order valence-corrected chi connectivity index (χ1v) is 11.5. The molecule has 5 rings (SSSR count). The van der Waals surface area contributed by atoms with E-state index in [1.807, 2.05) is 49.4 Å². The number of nitrogens with one attached hydrogen (secondary N) is 1. The number of benzene rings is 3. The third-order valence-electron chi connectivity index (χ3n) is 6.69. The zero-order valence-corrected chi connectivity index (χ0v) is 19.8. The van der Waals surface area contributed by atoms with E-state index >= 15 is 0 Å². The van der Waals surface area contributed by atoms with Crippen LogP contribution >= 0.6 is 0 Å². The number of carbonyl (C=O) groups is 1. The van der Waals surface area contributed by atoms with Crippen LogP contribution < -0.4 is 20.8 Å². The number of para-hydroxylation sites is 1. The van der Waals surface area contributed by atoms with Gasteiger partial charge in [0.1, 0.15) is 0 Å². The largest absolute Gasteiger partial charge is 0.368 e. The average Bonchev–Trinajstić information content (AvgIpc) is 3.08. The predicted octanol–water partition coefficient (Wildman–Crippen LogP) is 3.76. The number of aromatic nitrogens is 2. The summed E-state index contributed by atoms with van der Waals surface area (Å²) in [6, 6.07) is 21.9. The van der Waals surface area contributed by atoms with Crippen molar-refractivity contribution < 1.29 is 4.79 Å². The maximum Gasteiger partial charge on any atom is 0.328 e. The number of fused-ring (bicyclic) bond motifs is 1. The van der Waals surface area contributed by atoms with Crippen molar-refractivity contribution >= 4 is 34.0 Å². The molecule has 34 heavy (non-hydrogen) atoms. The first-order valence-electron chi connectivity index (χ1n) is 11.5. The maximum atomic E-state index is 13.1. The fourth-order valence-corrected chi connectivity index (χ4v) is 4.64. The van der Waals surface area contributed by atoms with Crippen LogP contribution in [0.2, 0.25) is 0 Å². The third-order valence-corrected chi connectivity index (χ3v) is 6.69. The van der Waals surface area contributed by atoms with Gasteiger partial charge in [-0.05, 0) is 43.3 Å². The van der Waals surface area contributed by atoms with E-state index in [2.05, 4.69) is 39.4 Å². The van der Waals surface area contributed by atoms with Crippen LogP contribution in [-0.4, -0.2) is 41.2 Å². The molecule has 0 unspecified atom stereocenters. The molecule has 0 bridgehead atoms. The zero-order chi connectivity index (χ0) is 23.8. The number of imidazole rings is 1. The lowest BCUT2D eigenvalue weighted by Crippen LogP contribution is -2.46. The molecule has 1 amide bonds. The van der Waals surface area contributed by atoms with Gasteiger partial charge in [-0.25, -0.2) is 4.79 Å². The van der Waals surface area contributed by atoms with Gasteiger partial charge < -0.3 is 15.1 Å². The van der Waals surface area contributed by atoms with Crippen molar-refractivity contribution in [1.82, 2.24) is 9.13 Å². The molecule has 3 aromatic carbocycles. The number of anilines is 3. The number of rotatable bonds is 4. The van der Waals surface area contributed by atoms with Gasteiger partial charge in [0.15, 0.2) is 0 Å². The molecule has 0 aliphatic carbocycles. The van der Waals surface area contributed by atoms with Crippen molar-refractivity contribution in [2.75, 3.05) is 41.3 Å². The van der Waals surface area contributed by atoms with Crippen LogP contribution in [0.4, 0.5) is 17.1 Å². The molecule has 1 N–H and O–H groups in total. The number of hydrogen-bond donors (Lipinski definition) is 1. The lowest BCUT2D eigenvalue weighted by molar-refractivity contribution is 0.102. The van der Waals surface area contributed by atoms with E-state index in [4.69, 9.17) is 0 Å². The van der Waals surface area contributed by atoms with Gasteiger partial charge in [0.2, 0.25) is 0 Å². The topological polar surface area (TPSA) is 62.5 Å². The third kappa shape index (κ3) is 3.94. The highest BCUT2D eigenvalue weighted by atomic mass is 16.2. The van der Waals surface area contributed by atoms with E-state index in [9.17, 15) is 9.59 Å². The second kappa shape index (κ2) is 8.74. The smallest absolute Gasteiger partial charge is 0.328 e. The van der Waals surface area contributed by atoms with Crippen LogP contribution in [0.5, 0.6) is 0 Å². The van der Waals surface area contributed by atoms with Gasteiger partial charge in [0.05, 0.1) is 22.4 Å². The molecule has 1 aliphatic heterocycles. The molecule has 1 saturated heterocycles. The van der Waals surface area contributed by atoms with Crippen LogP contribution in [0.15, 0.2) is 71.5 Å².